The number of aromatic nitrogens is 5. The number of aromatic hydroxyl groups is 1. The molecule has 29 heavy (non-hydrogen) atoms. The Labute approximate surface area is 175 Å². The quantitative estimate of drug-likeness (QED) is 0.517. The molecule has 4 aromatic heterocycles. The summed E-state index contributed by atoms with van der Waals surface area (Å²) in [6.07, 6.45) is 7.57. The van der Waals surface area contributed by atoms with Crippen molar-refractivity contribution in [2.75, 3.05) is 25.0 Å². The first-order chi connectivity index (χ1) is 14.1. The van der Waals surface area contributed by atoms with Crippen molar-refractivity contribution in [1.82, 2.24) is 29.8 Å². The van der Waals surface area contributed by atoms with Crippen LogP contribution in [0.5, 0.6) is 5.75 Å². The summed E-state index contributed by atoms with van der Waals surface area (Å²) in [5.41, 5.74) is 2.15. The molecular weight excluding hydrogens is 406 g/mol. The van der Waals surface area contributed by atoms with Crippen molar-refractivity contribution >= 4 is 37.5 Å². The van der Waals surface area contributed by atoms with E-state index in [0.717, 1.165) is 52.1 Å². The van der Waals surface area contributed by atoms with Crippen LogP contribution in [-0.4, -0.2) is 55.8 Å². The number of rotatable bonds is 4. The number of aryl methyl sites for hydroxylation is 1. The van der Waals surface area contributed by atoms with Crippen LogP contribution in [0.2, 0.25) is 0 Å². The van der Waals surface area contributed by atoms with Gasteiger partial charge in [0.05, 0.1) is 23.9 Å². The maximum absolute atomic E-state index is 10.5. The van der Waals surface area contributed by atoms with Gasteiger partial charge in [-0.3, -0.25) is 0 Å². The van der Waals surface area contributed by atoms with Gasteiger partial charge in [-0.15, -0.1) is 0 Å². The van der Waals surface area contributed by atoms with Crippen molar-refractivity contribution in [3.05, 3.63) is 30.5 Å². The summed E-state index contributed by atoms with van der Waals surface area (Å²) in [5, 5.41) is 15.6. The molecule has 0 unspecified atom stereocenters. The summed E-state index contributed by atoms with van der Waals surface area (Å²) in [7, 11) is 2.11. The molecule has 0 saturated carbocycles. The van der Waals surface area contributed by atoms with Crippen LogP contribution in [0.15, 0.2) is 24.8 Å². The van der Waals surface area contributed by atoms with Crippen molar-refractivity contribution in [1.29, 1.82) is 0 Å². The van der Waals surface area contributed by atoms with Crippen molar-refractivity contribution < 1.29 is 5.11 Å². The molecule has 1 aliphatic heterocycles. The highest BCUT2D eigenvalue weighted by atomic mass is 32.1. The third-order valence-electron chi connectivity index (χ3n) is 5.19. The molecule has 0 atom stereocenters. The van der Waals surface area contributed by atoms with E-state index in [1.165, 1.54) is 11.3 Å². The molecule has 0 aromatic carbocycles. The van der Waals surface area contributed by atoms with E-state index in [1.807, 2.05) is 17.7 Å². The molecule has 1 saturated heterocycles. The fourth-order valence-corrected chi connectivity index (χ4v) is 5.62. The number of hydrogen-bond acceptors (Lipinski definition) is 9. The zero-order chi connectivity index (χ0) is 20.0. The maximum Gasteiger partial charge on any atom is 0.188 e. The van der Waals surface area contributed by atoms with Gasteiger partial charge < -0.3 is 19.9 Å². The highest BCUT2D eigenvalue weighted by molar-refractivity contribution is 7.29. The first kappa shape index (κ1) is 18.5. The molecule has 5 heterocycles. The van der Waals surface area contributed by atoms with Crippen LogP contribution in [0, 0.1) is 6.92 Å². The van der Waals surface area contributed by atoms with Crippen molar-refractivity contribution in [3.8, 4) is 22.1 Å². The minimum Gasteiger partial charge on any atom is -0.505 e. The lowest BCUT2D eigenvalue weighted by Gasteiger charge is -2.31. The minimum absolute atomic E-state index is 0.0994. The summed E-state index contributed by atoms with van der Waals surface area (Å²) < 4.78 is 1.83. The van der Waals surface area contributed by atoms with Gasteiger partial charge in [-0.1, -0.05) is 22.7 Å². The van der Waals surface area contributed by atoms with E-state index in [-0.39, 0.29) is 5.75 Å². The molecule has 1 fully saturated rings. The zero-order valence-corrected chi connectivity index (χ0v) is 17.8. The number of nitrogens with one attached hydrogen (secondary N) is 1. The highest BCUT2D eigenvalue weighted by Gasteiger charge is 2.22. The predicted octanol–water partition coefficient (Wildman–Crippen LogP) is 3.20. The first-order valence-corrected chi connectivity index (χ1v) is 11.1. The lowest BCUT2D eigenvalue weighted by molar-refractivity contribution is 0.443. The largest absolute Gasteiger partial charge is 0.505 e. The Morgan fingerprint density at radius 1 is 1.17 bits per heavy atom. The van der Waals surface area contributed by atoms with Gasteiger partial charge in [-0.2, -0.15) is 0 Å². The van der Waals surface area contributed by atoms with E-state index >= 15 is 0 Å². The lowest BCUT2D eigenvalue weighted by Crippen LogP contribution is -2.41. The van der Waals surface area contributed by atoms with Gasteiger partial charge in [-0.25, -0.2) is 19.9 Å². The number of anilines is 1. The molecule has 5 rings (SSSR count). The molecule has 0 bridgehead atoms. The van der Waals surface area contributed by atoms with Gasteiger partial charge >= 0.3 is 0 Å². The molecule has 0 amide bonds. The Hall–Kier alpha value is -2.56. The normalized spacial score (nSPS) is 15.2. The fraction of sp³-hybridized carbons (Fsp3) is 0.368. The fourth-order valence-electron chi connectivity index (χ4n) is 3.54. The second kappa shape index (κ2) is 7.36. The van der Waals surface area contributed by atoms with Crippen LogP contribution in [0.25, 0.3) is 26.0 Å². The number of thiazole rings is 2. The molecule has 0 spiro atoms. The number of nitrogens with zero attached hydrogens (tertiary/aromatic N) is 6. The molecule has 2 N–H and O–H groups in total. The van der Waals surface area contributed by atoms with E-state index < -0.39 is 0 Å². The summed E-state index contributed by atoms with van der Waals surface area (Å²) in [6.45, 7) is 4.03. The topological polar surface area (TPSA) is 92.0 Å². The molecule has 1 aliphatic rings. The number of fused-ring (bicyclic) bond motifs is 1. The molecule has 10 heteroatoms. The van der Waals surface area contributed by atoms with Crippen LogP contribution in [0.1, 0.15) is 18.5 Å². The van der Waals surface area contributed by atoms with Crippen LogP contribution in [0.3, 0.4) is 0 Å². The predicted molar refractivity (Wildman–Crippen MR) is 116 cm³/mol. The van der Waals surface area contributed by atoms with Crippen LogP contribution >= 0.6 is 22.7 Å². The summed E-state index contributed by atoms with van der Waals surface area (Å²) in [4.78, 5) is 22.2. The van der Waals surface area contributed by atoms with Crippen molar-refractivity contribution in [2.24, 2.45) is 0 Å². The number of hydrogen-bond donors (Lipinski definition) is 2. The Bertz CT molecular complexity index is 1130. The second-order valence-corrected chi connectivity index (χ2v) is 9.13. The van der Waals surface area contributed by atoms with E-state index in [1.54, 1.807) is 29.9 Å². The summed E-state index contributed by atoms with van der Waals surface area (Å²) in [5.74, 6) is 0.0994. The Morgan fingerprint density at radius 2 is 1.97 bits per heavy atom. The monoisotopic (exact) mass is 427 g/mol. The van der Waals surface area contributed by atoms with Gasteiger partial charge in [0.1, 0.15) is 16.5 Å². The van der Waals surface area contributed by atoms with Crippen LogP contribution < -0.4 is 10.2 Å². The first-order valence-electron chi connectivity index (χ1n) is 9.50. The van der Waals surface area contributed by atoms with Crippen LogP contribution in [0.4, 0.5) is 5.13 Å². The van der Waals surface area contributed by atoms with E-state index in [0.29, 0.717) is 16.7 Å². The Kier molecular flexibility index (Phi) is 4.69. The summed E-state index contributed by atoms with van der Waals surface area (Å²) >= 11 is 3.06. The molecular formula is C19H21N7OS2. The van der Waals surface area contributed by atoms with E-state index in [4.69, 9.17) is 9.97 Å². The maximum atomic E-state index is 10.5. The Morgan fingerprint density at radius 3 is 2.66 bits per heavy atom. The minimum atomic E-state index is 0.0994. The highest BCUT2D eigenvalue weighted by Crippen LogP contribution is 2.38. The molecule has 0 radical (unpaired) electrons. The van der Waals surface area contributed by atoms with Gasteiger partial charge in [0.25, 0.3) is 0 Å². The van der Waals surface area contributed by atoms with E-state index in [9.17, 15) is 5.11 Å². The smallest absolute Gasteiger partial charge is 0.188 e. The molecule has 8 nitrogen and oxygen atoms in total. The van der Waals surface area contributed by atoms with E-state index in [2.05, 4.69) is 27.2 Å². The third kappa shape index (κ3) is 3.47. The average molecular weight is 428 g/mol. The average Bonchev–Trinajstić information content (AvgIpc) is 3.42. The van der Waals surface area contributed by atoms with Gasteiger partial charge in [0.15, 0.2) is 14.8 Å². The molecule has 0 aliphatic carbocycles. The molecule has 4 aromatic rings. The summed E-state index contributed by atoms with van der Waals surface area (Å²) in [6, 6.07) is 2.20. The number of pyridine rings is 1. The van der Waals surface area contributed by atoms with Crippen molar-refractivity contribution in [3.63, 3.8) is 0 Å². The standard InChI is InChI=1S/C19H21N7OS2/c1-11-9-26(10-22-11)13-7-14(27)15(21-8-13)16-23-17-18(28-16)24-19(29-17)25(2)12-3-5-20-6-4-12/h7-10,12,20,27H,3-6H2,1-2H3. The molecule has 150 valence electrons. The second-order valence-electron chi connectivity index (χ2n) is 7.20. The van der Waals surface area contributed by atoms with Gasteiger partial charge in [0, 0.05) is 25.4 Å². The third-order valence-corrected chi connectivity index (χ3v) is 7.31. The number of imidazole rings is 1. The Balaban J connectivity index is 1.41. The van der Waals surface area contributed by atoms with Gasteiger partial charge in [-0.05, 0) is 32.9 Å². The SMILES string of the molecule is Cc1cn(-c2cnc(-c3nc4sc(N(C)C5CCNCC5)nc4s3)c(O)c2)cn1. The lowest BCUT2D eigenvalue weighted by atomic mass is 10.1. The van der Waals surface area contributed by atoms with Crippen molar-refractivity contribution in [2.45, 2.75) is 25.8 Å². The van der Waals surface area contributed by atoms with Gasteiger partial charge in [0.2, 0.25) is 0 Å². The zero-order valence-electron chi connectivity index (χ0n) is 16.2. The number of piperidine rings is 1. The van der Waals surface area contributed by atoms with Crippen LogP contribution in [-0.2, 0) is 0 Å².